The predicted molar refractivity (Wildman–Crippen MR) is 102 cm³/mol. The lowest BCUT2D eigenvalue weighted by atomic mass is 10.0. The molecule has 2 amide bonds. The summed E-state index contributed by atoms with van der Waals surface area (Å²) in [7, 11) is 0. The molecule has 0 aromatic heterocycles. The monoisotopic (exact) mass is 400 g/mol. The number of benzene rings is 2. The number of carbonyl (C=O) groups is 2. The molecule has 1 fully saturated rings. The van der Waals surface area contributed by atoms with Gasteiger partial charge < -0.3 is 10.2 Å². The molecule has 0 saturated carbocycles. The van der Waals surface area contributed by atoms with E-state index in [1.54, 1.807) is 12.1 Å². The smallest absolute Gasteiger partial charge is 0.254 e. The quantitative estimate of drug-likeness (QED) is 0.851. The molecule has 0 bridgehead atoms. The highest BCUT2D eigenvalue weighted by Crippen LogP contribution is 2.17. The van der Waals surface area contributed by atoms with Crippen LogP contribution in [0.2, 0.25) is 0 Å². The van der Waals surface area contributed by atoms with E-state index in [0.717, 1.165) is 28.4 Å². The van der Waals surface area contributed by atoms with Crippen molar-refractivity contribution in [2.24, 2.45) is 0 Å². The fraction of sp³-hybridized carbons (Fsp3) is 0.300. The van der Waals surface area contributed by atoms with Gasteiger partial charge in [0, 0.05) is 34.7 Å². The van der Waals surface area contributed by atoms with E-state index in [0.29, 0.717) is 18.7 Å². The Hall–Kier alpha value is -2.14. The van der Waals surface area contributed by atoms with Crippen molar-refractivity contribution >= 4 is 27.7 Å². The van der Waals surface area contributed by atoms with Gasteiger partial charge in [-0.2, -0.15) is 0 Å². The van der Waals surface area contributed by atoms with Gasteiger partial charge in [0.1, 0.15) is 0 Å². The third-order valence-electron chi connectivity index (χ3n) is 4.60. The van der Waals surface area contributed by atoms with Gasteiger partial charge in [-0.15, -0.1) is 0 Å². The van der Waals surface area contributed by atoms with Crippen LogP contribution in [0.25, 0.3) is 0 Å². The van der Waals surface area contributed by atoms with Gasteiger partial charge in [-0.05, 0) is 55.7 Å². The van der Waals surface area contributed by atoms with Crippen LogP contribution in [-0.4, -0.2) is 35.8 Å². The molecule has 1 aliphatic heterocycles. The molecule has 1 N–H and O–H groups in total. The van der Waals surface area contributed by atoms with Crippen LogP contribution < -0.4 is 5.32 Å². The van der Waals surface area contributed by atoms with Crippen molar-refractivity contribution in [3.05, 3.63) is 69.7 Å². The second-order valence-electron chi connectivity index (χ2n) is 6.36. The first kappa shape index (κ1) is 17.7. The zero-order valence-corrected chi connectivity index (χ0v) is 15.8. The van der Waals surface area contributed by atoms with Gasteiger partial charge >= 0.3 is 0 Å². The van der Waals surface area contributed by atoms with Gasteiger partial charge in [0.15, 0.2) is 0 Å². The van der Waals surface area contributed by atoms with Crippen molar-refractivity contribution in [2.75, 3.05) is 13.1 Å². The van der Waals surface area contributed by atoms with E-state index >= 15 is 0 Å². The van der Waals surface area contributed by atoms with Crippen LogP contribution in [-0.2, 0) is 0 Å². The zero-order chi connectivity index (χ0) is 17.8. The van der Waals surface area contributed by atoms with Gasteiger partial charge in [0.05, 0.1) is 0 Å². The Kier molecular flexibility index (Phi) is 5.53. The third-order valence-corrected chi connectivity index (χ3v) is 5.13. The van der Waals surface area contributed by atoms with E-state index in [9.17, 15) is 9.59 Å². The van der Waals surface area contributed by atoms with Crippen molar-refractivity contribution in [2.45, 2.75) is 25.8 Å². The number of carbonyl (C=O) groups excluding carboxylic acids is 2. The normalized spacial score (nSPS) is 15.0. The lowest BCUT2D eigenvalue weighted by Gasteiger charge is -2.32. The van der Waals surface area contributed by atoms with E-state index < -0.39 is 0 Å². The van der Waals surface area contributed by atoms with Crippen LogP contribution in [0.1, 0.15) is 39.1 Å². The Balaban J connectivity index is 1.55. The lowest BCUT2D eigenvalue weighted by molar-refractivity contribution is 0.0697. The second kappa shape index (κ2) is 7.83. The third kappa shape index (κ3) is 4.28. The summed E-state index contributed by atoms with van der Waals surface area (Å²) in [5.74, 6) is 0.0203. The fourth-order valence-electron chi connectivity index (χ4n) is 3.08. The van der Waals surface area contributed by atoms with Gasteiger partial charge in [-0.1, -0.05) is 34.1 Å². The number of piperidine rings is 1. The Bertz CT molecular complexity index is 766. The molecule has 0 spiro atoms. The Morgan fingerprint density at radius 2 is 1.68 bits per heavy atom. The highest BCUT2D eigenvalue weighted by atomic mass is 79.9. The number of halogens is 1. The molecule has 130 valence electrons. The summed E-state index contributed by atoms with van der Waals surface area (Å²) >= 11 is 3.37. The minimum Gasteiger partial charge on any atom is -0.349 e. The van der Waals surface area contributed by atoms with Crippen LogP contribution in [0.15, 0.2) is 53.0 Å². The molecular formula is C20H21BrN2O2. The fourth-order valence-corrected chi connectivity index (χ4v) is 3.34. The predicted octanol–water partition coefficient (Wildman–Crippen LogP) is 3.79. The lowest BCUT2D eigenvalue weighted by Crippen LogP contribution is -2.46. The molecule has 2 aromatic rings. The number of nitrogens with one attached hydrogen (secondary N) is 1. The maximum atomic E-state index is 12.6. The molecule has 3 rings (SSSR count). The van der Waals surface area contributed by atoms with Crippen molar-refractivity contribution in [3.63, 3.8) is 0 Å². The number of likely N-dealkylation sites (tertiary alicyclic amines) is 1. The van der Waals surface area contributed by atoms with Crippen molar-refractivity contribution in [1.82, 2.24) is 10.2 Å². The van der Waals surface area contributed by atoms with E-state index in [1.807, 2.05) is 48.2 Å². The molecule has 0 atom stereocenters. The molecule has 2 aromatic carbocycles. The summed E-state index contributed by atoms with van der Waals surface area (Å²) in [4.78, 5) is 26.8. The molecule has 25 heavy (non-hydrogen) atoms. The molecule has 1 saturated heterocycles. The maximum Gasteiger partial charge on any atom is 0.254 e. The minimum atomic E-state index is -0.0591. The van der Waals surface area contributed by atoms with Crippen molar-refractivity contribution in [3.8, 4) is 0 Å². The summed E-state index contributed by atoms with van der Waals surface area (Å²) in [6, 6.07) is 15.1. The van der Waals surface area contributed by atoms with Gasteiger partial charge in [0.2, 0.25) is 0 Å². The first-order chi connectivity index (χ1) is 12.0. The number of aryl methyl sites for hydroxylation is 1. The maximum absolute atomic E-state index is 12.6. The number of amides is 2. The average Bonchev–Trinajstić information content (AvgIpc) is 2.63. The first-order valence-corrected chi connectivity index (χ1v) is 9.25. The molecule has 4 nitrogen and oxygen atoms in total. The number of hydrogen-bond donors (Lipinski definition) is 1. The van der Waals surface area contributed by atoms with Crippen LogP contribution in [0, 0.1) is 6.92 Å². The standard InChI is InChI=1S/C20H21BrN2O2/c1-14-4-2-3-5-18(14)20(25)23-12-10-17(11-13-23)22-19(24)15-6-8-16(21)9-7-15/h2-9,17H,10-13H2,1H3,(H,22,24). The van der Waals surface area contributed by atoms with Gasteiger partial charge in [0.25, 0.3) is 11.8 Å². The first-order valence-electron chi connectivity index (χ1n) is 8.46. The molecule has 1 heterocycles. The molecular weight excluding hydrogens is 380 g/mol. The van der Waals surface area contributed by atoms with Gasteiger partial charge in [-0.25, -0.2) is 0 Å². The van der Waals surface area contributed by atoms with Crippen LogP contribution >= 0.6 is 15.9 Å². The summed E-state index contributed by atoms with van der Waals surface area (Å²) in [6.45, 7) is 3.29. The van der Waals surface area contributed by atoms with Crippen LogP contribution in [0.3, 0.4) is 0 Å². The summed E-state index contributed by atoms with van der Waals surface area (Å²) in [5.41, 5.74) is 2.42. The van der Waals surface area contributed by atoms with Gasteiger partial charge in [-0.3, -0.25) is 9.59 Å². The molecule has 0 unspecified atom stereocenters. The zero-order valence-electron chi connectivity index (χ0n) is 14.2. The molecule has 5 heteroatoms. The van der Waals surface area contributed by atoms with E-state index in [-0.39, 0.29) is 17.9 Å². The highest BCUT2D eigenvalue weighted by Gasteiger charge is 2.25. The summed E-state index contributed by atoms with van der Waals surface area (Å²) in [5, 5.41) is 3.07. The topological polar surface area (TPSA) is 49.4 Å². The number of nitrogens with zero attached hydrogens (tertiary/aromatic N) is 1. The Morgan fingerprint density at radius 1 is 1.04 bits per heavy atom. The largest absolute Gasteiger partial charge is 0.349 e. The van der Waals surface area contributed by atoms with Crippen LogP contribution in [0.4, 0.5) is 0 Å². The average molecular weight is 401 g/mol. The summed E-state index contributed by atoms with van der Waals surface area (Å²) < 4.78 is 0.951. The molecule has 1 aliphatic rings. The molecule has 0 radical (unpaired) electrons. The Morgan fingerprint density at radius 3 is 2.32 bits per heavy atom. The van der Waals surface area contributed by atoms with Crippen molar-refractivity contribution in [1.29, 1.82) is 0 Å². The SMILES string of the molecule is Cc1ccccc1C(=O)N1CCC(NC(=O)c2ccc(Br)cc2)CC1. The number of hydrogen-bond acceptors (Lipinski definition) is 2. The van der Waals surface area contributed by atoms with E-state index in [2.05, 4.69) is 21.2 Å². The molecule has 0 aliphatic carbocycles. The summed E-state index contributed by atoms with van der Waals surface area (Å²) in [6.07, 6.45) is 1.56. The van der Waals surface area contributed by atoms with Crippen molar-refractivity contribution < 1.29 is 9.59 Å². The van der Waals surface area contributed by atoms with E-state index in [1.165, 1.54) is 0 Å². The Labute approximate surface area is 156 Å². The highest BCUT2D eigenvalue weighted by molar-refractivity contribution is 9.10. The minimum absolute atomic E-state index is 0.0591. The van der Waals surface area contributed by atoms with E-state index in [4.69, 9.17) is 0 Å². The number of rotatable bonds is 3. The van der Waals surface area contributed by atoms with Crippen LogP contribution in [0.5, 0.6) is 0 Å². The second-order valence-corrected chi connectivity index (χ2v) is 7.28.